The van der Waals surface area contributed by atoms with E-state index in [9.17, 15) is 9.18 Å². The van der Waals surface area contributed by atoms with Crippen LogP contribution in [0.2, 0.25) is 0 Å². The highest BCUT2D eigenvalue weighted by Gasteiger charge is 2.26. The standard InChI is InChI=1S/C19H21FN4OS/c1-13(14-4-6-15(20)7-5-14)21-12-16-17(18(25)23-8-2-3-9-23)22-19-24(16)10-11-26-19/h4-7,10-11,13,21H,2-3,8-9,12H2,1H3. The van der Waals surface area contributed by atoms with E-state index in [1.165, 1.54) is 23.5 Å². The molecule has 1 N–H and O–H groups in total. The van der Waals surface area contributed by atoms with E-state index in [-0.39, 0.29) is 17.8 Å². The van der Waals surface area contributed by atoms with Crippen LogP contribution < -0.4 is 5.32 Å². The molecule has 1 aromatic carbocycles. The average Bonchev–Trinajstić information content (AvgIpc) is 3.37. The number of amides is 1. The number of aromatic nitrogens is 2. The molecule has 1 saturated heterocycles. The van der Waals surface area contributed by atoms with E-state index >= 15 is 0 Å². The van der Waals surface area contributed by atoms with Crippen LogP contribution in [0.5, 0.6) is 0 Å². The van der Waals surface area contributed by atoms with Crippen LogP contribution in [0.1, 0.15) is 47.6 Å². The highest BCUT2D eigenvalue weighted by Crippen LogP contribution is 2.22. The van der Waals surface area contributed by atoms with Crippen LogP contribution in [0.25, 0.3) is 4.96 Å². The van der Waals surface area contributed by atoms with Crippen molar-refractivity contribution in [3.63, 3.8) is 0 Å². The van der Waals surface area contributed by atoms with Crippen LogP contribution in [-0.2, 0) is 6.54 Å². The first-order valence-electron chi connectivity index (χ1n) is 8.86. The minimum absolute atomic E-state index is 0.0182. The maximum Gasteiger partial charge on any atom is 0.274 e. The van der Waals surface area contributed by atoms with Crippen molar-refractivity contribution >= 4 is 22.2 Å². The molecule has 1 unspecified atom stereocenters. The Labute approximate surface area is 155 Å². The number of nitrogens with zero attached hydrogens (tertiary/aromatic N) is 3. The fraction of sp³-hybridized carbons (Fsp3) is 0.368. The van der Waals surface area contributed by atoms with Crippen molar-refractivity contribution in [3.8, 4) is 0 Å². The fourth-order valence-electron chi connectivity index (χ4n) is 3.36. The van der Waals surface area contributed by atoms with Crippen LogP contribution in [-0.4, -0.2) is 33.3 Å². The molecule has 0 radical (unpaired) electrons. The first-order chi connectivity index (χ1) is 12.6. The summed E-state index contributed by atoms with van der Waals surface area (Å²) in [6.07, 6.45) is 4.07. The molecule has 3 aromatic rings. The molecular weight excluding hydrogens is 351 g/mol. The monoisotopic (exact) mass is 372 g/mol. The Hall–Kier alpha value is -2.25. The molecule has 1 fully saturated rings. The van der Waals surface area contributed by atoms with Gasteiger partial charge >= 0.3 is 0 Å². The summed E-state index contributed by atoms with van der Waals surface area (Å²) in [5.74, 6) is -0.222. The minimum Gasteiger partial charge on any atom is -0.337 e. The van der Waals surface area contributed by atoms with Crippen LogP contribution in [0.4, 0.5) is 4.39 Å². The summed E-state index contributed by atoms with van der Waals surface area (Å²) < 4.78 is 15.1. The van der Waals surface area contributed by atoms with Crippen molar-refractivity contribution in [1.82, 2.24) is 19.6 Å². The molecule has 5 nitrogen and oxygen atoms in total. The molecule has 0 bridgehead atoms. The van der Waals surface area contributed by atoms with Gasteiger partial charge in [-0.05, 0) is 37.5 Å². The highest BCUT2D eigenvalue weighted by atomic mass is 32.1. The third-order valence-electron chi connectivity index (χ3n) is 4.90. The van der Waals surface area contributed by atoms with Crippen LogP contribution >= 0.6 is 11.3 Å². The Bertz CT molecular complexity index is 911. The van der Waals surface area contributed by atoms with Gasteiger partial charge in [0.25, 0.3) is 5.91 Å². The van der Waals surface area contributed by atoms with Gasteiger partial charge in [0, 0.05) is 37.3 Å². The van der Waals surface area contributed by atoms with Crippen LogP contribution in [0.3, 0.4) is 0 Å². The number of nitrogens with one attached hydrogen (secondary N) is 1. The maximum atomic E-state index is 13.1. The van der Waals surface area contributed by atoms with Crippen molar-refractivity contribution in [1.29, 1.82) is 0 Å². The molecule has 1 aliphatic rings. The molecule has 1 aliphatic heterocycles. The third kappa shape index (κ3) is 3.24. The summed E-state index contributed by atoms with van der Waals surface area (Å²) in [4.78, 5) is 20.2. The largest absolute Gasteiger partial charge is 0.337 e. The Morgan fingerprint density at radius 2 is 2.04 bits per heavy atom. The van der Waals surface area contributed by atoms with E-state index in [0.717, 1.165) is 42.1 Å². The predicted molar refractivity (Wildman–Crippen MR) is 99.9 cm³/mol. The lowest BCUT2D eigenvalue weighted by Gasteiger charge is -2.17. The number of imidazole rings is 1. The summed E-state index contributed by atoms with van der Waals surface area (Å²) in [6, 6.07) is 6.52. The number of benzene rings is 1. The second-order valence-electron chi connectivity index (χ2n) is 6.62. The summed E-state index contributed by atoms with van der Waals surface area (Å²) in [5.41, 5.74) is 2.43. The van der Waals surface area contributed by atoms with E-state index in [2.05, 4.69) is 10.3 Å². The van der Waals surface area contributed by atoms with Gasteiger partial charge in [-0.3, -0.25) is 9.20 Å². The second-order valence-corrected chi connectivity index (χ2v) is 7.49. The number of rotatable bonds is 5. The fourth-order valence-corrected chi connectivity index (χ4v) is 4.09. The van der Waals surface area contributed by atoms with E-state index < -0.39 is 0 Å². The quantitative estimate of drug-likeness (QED) is 0.744. The van der Waals surface area contributed by atoms with Gasteiger partial charge in [0.2, 0.25) is 0 Å². The summed E-state index contributed by atoms with van der Waals surface area (Å²) in [6.45, 7) is 4.16. The SMILES string of the molecule is CC(NCc1c(C(=O)N2CCCC2)nc2sccn12)c1ccc(F)cc1. The average molecular weight is 372 g/mol. The van der Waals surface area contributed by atoms with Crippen molar-refractivity contribution in [2.24, 2.45) is 0 Å². The molecule has 2 aromatic heterocycles. The van der Waals surface area contributed by atoms with E-state index in [4.69, 9.17) is 0 Å². The summed E-state index contributed by atoms with van der Waals surface area (Å²) in [7, 11) is 0. The lowest BCUT2D eigenvalue weighted by molar-refractivity contribution is 0.0786. The lowest BCUT2D eigenvalue weighted by Crippen LogP contribution is -2.30. The summed E-state index contributed by atoms with van der Waals surface area (Å²) >= 11 is 1.53. The van der Waals surface area contributed by atoms with Crippen LogP contribution in [0, 0.1) is 5.82 Å². The molecule has 0 spiro atoms. The van der Waals surface area contributed by atoms with Crippen molar-refractivity contribution in [2.75, 3.05) is 13.1 Å². The number of carbonyl (C=O) groups is 1. The van der Waals surface area contributed by atoms with Gasteiger partial charge in [-0.2, -0.15) is 0 Å². The van der Waals surface area contributed by atoms with Gasteiger partial charge in [0.05, 0.1) is 5.69 Å². The zero-order chi connectivity index (χ0) is 18.1. The first kappa shape index (κ1) is 17.2. The zero-order valence-corrected chi connectivity index (χ0v) is 15.4. The normalized spacial score (nSPS) is 15.7. The van der Waals surface area contributed by atoms with Crippen molar-refractivity contribution in [3.05, 3.63) is 58.6 Å². The lowest BCUT2D eigenvalue weighted by atomic mass is 10.1. The second kappa shape index (κ2) is 7.17. The van der Waals surface area contributed by atoms with Gasteiger partial charge in [-0.25, -0.2) is 9.37 Å². The van der Waals surface area contributed by atoms with Gasteiger partial charge < -0.3 is 10.2 Å². The Morgan fingerprint density at radius 1 is 1.31 bits per heavy atom. The number of halogens is 1. The number of carbonyl (C=O) groups excluding carboxylic acids is 1. The van der Waals surface area contributed by atoms with Crippen LogP contribution in [0.15, 0.2) is 35.8 Å². The predicted octanol–water partition coefficient (Wildman–Crippen LogP) is 3.62. The van der Waals surface area contributed by atoms with E-state index in [0.29, 0.717) is 12.2 Å². The number of likely N-dealkylation sites (tertiary alicyclic amines) is 1. The maximum absolute atomic E-state index is 13.1. The Morgan fingerprint density at radius 3 is 2.77 bits per heavy atom. The number of hydrogen-bond acceptors (Lipinski definition) is 4. The summed E-state index contributed by atoms with van der Waals surface area (Å²) in [5, 5.41) is 5.41. The highest BCUT2D eigenvalue weighted by molar-refractivity contribution is 7.15. The molecule has 1 atom stereocenters. The molecule has 0 aliphatic carbocycles. The van der Waals surface area contributed by atoms with E-state index in [1.54, 1.807) is 12.1 Å². The Balaban J connectivity index is 1.56. The number of thiazole rings is 1. The first-order valence-corrected chi connectivity index (χ1v) is 9.74. The van der Waals surface area contributed by atoms with Gasteiger partial charge in [0.15, 0.2) is 10.7 Å². The topological polar surface area (TPSA) is 49.6 Å². The molecule has 26 heavy (non-hydrogen) atoms. The van der Waals surface area contributed by atoms with E-state index in [1.807, 2.05) is 27.8 Å². The number of fused-ring (bicyclic) bond motifs is 1. The molecule has 4 rings (SSSR count). The zero-order valence-electron chi connectivity index (χ0n) is 14.6. The van der Waals surface area contributed by atoms with Crippen molar-refractivity contribution < 1.29 is 9.18 Å². The van der Waals surface area contributed by atoms with Gasteiger partial charge in [-0.1, -0.05) is 12.1 Å². The smallest absolute Gasteiger partial charge is 0.274 e. The molecule has 0 saturated carbocycles. The minimum atomic E-state index is -0.241. The molecular formula is C19H21FN4OS. The molecule has 7 heteroatoms. The van der Waals surface area contributed by atoms with Gasteiger partial charge in [0.1, 0.15) is 5.82 Å². The van der Waals surface area contributed by atoms with Gasteiger partial charge in [-0.15, -0.1) is 11.3 Å². The third-order valence-corrected chi connectivity index (χ3v) is 5.66. The molecule has 1 amide bonds. The Kier molecular flexibility index (Phi) is 4.74. The molecule has 3 heterocycles. The van der Waals surface area contributed by atoms with Crippen molar-refractivity contribution in [2.45, 2.75) is 32.4 Å². The molecule has 136 valence electrons. The number of hydrogen-bond donors (Lipinski definition) is 1.